The van der Waals surface area contributed by atoms with E-state index in [0.29, 0.717) is 52.7 Å². The molecule has 2 atom stereocenters. The van der Waals surface area contributed by atoms with E-state index in [4.69, 9.17) is 34.8 Å². The molecule has 0 spiro atoms. The minimum atomic E-state index is -0.414. The number of hydrogen-bond acceptors (Lipinski definition) is 8. The number of nitrogens with one attached hydrogen (secondary N) is 1. The first-order chi connectivity index (χ1) is 19.6. The highest BCUT2D eigenvalue weighted by atomic mass is 35.5. The molecular formula is C28H29Cl2N9O2. The smallest absolute Gasteiger partial charge is 0.254 e. The van der Waals surface area contributed by atoms with Crippen molar-refractivity contribution < 1.29 is 4.79 Å². The Morgan fingerprint density at radius 2 is 1.95 bits per heavy atom. The number of nitrogens with two attached hydrogens (primary N) is 2. The SMILES string of the molecule is CC1CCCC(n2cnc(-c3cc(Cl)ccc3N(N)/C=C(\N)Cl)cc2=O)c2cc(ccn2)-c2cnn(C)c2NC1=O. The van der Waals surface area contributed by atoms with Crippen molar-refractivity contribution in [3.63, 3.8) is 0 Å². The van der Waals surface area contributed by atoms with Crippen molar-refractivity contribution in [2.75, 3.05) is 10.3 Å². The number of aryl methyl sites for hydroxylation is 1. The monoisotopic (exact) mass is 593 g/mol. The summed E-state index contributed by atoms with van der Waals surface area (Å²) in [6, 6.07) is 9.82. The fourth-order valence-electron chi connectivity index (χ4n) is 4.95. The van der Waals surface area contributed by atoms with Gasteiger partial charge in [0.1, 0.15) is 11.0 Å². The molecule has 2 bridgehead atoms. The van der Waals surface area contributed by atoms with E-state index in [1.54, 1.807) is 46.9 Å². The maximum absolute atomic E-state index is 13.6. The van der Waals surface area contributed by atoms with E-state index in [1.807, 2.05) is 19.1 Å². The largest absolute Gasteiger partial charge is 0.388 e. The Kier molecular flexibility index (Phi) is 8.11. The van der Waals surface area contributed by atoms with Crippen LogP contribution in [0.3, 0.4) is 0 Å². The Hall–Kier alpha value is -4.19. The fraction of sp³-hybridized carbons (Fsp3) is 0.250. The third-order valence-electron chi connectivity index (χ3n) is 7.12. The second kappa shape index (κ2) is 11.7. The van der Waals surface area contributed by atoms with Crippen LogP contribution in [0.2, 0.25) is 5.02 Å². The summed E-state index contributed by atoms with van der Waals surface area (Å²) < 4.78 is 3.21. The number of rotatable bonds is 4. The number of pyridine rings is 1. The molecule has 41 heavy (non-hydrogen) atoms. The molecule has 1 aliphatic heterocycles. The maximum Gasteiger partial charge on any atom is 0.254 e. The molecule has 0 fully saturated rings. The summed E-state index contributed by atoms with van der Waals surface area (Å²) in [5, 5.41) is 9.05. The van der Waals surface area contributed by atoms with E-state index in [0.717, 1.165) is 11.1 Å². The molecule has 1 aromatic carbocycles. The lowest BCUT2D eigenvalue weighted by atomic mass is 9.96. The minimum absolute atomic E-state index is 0.0146. The molecular weight excluding hydrogens is 565 g/mol. The molecule has 0 saturated heterocycles. The molecule has 11 nitrogen and oxygen atoms in total. The molecule has 1 amide bonds. The lowest BCUT2D eigenvalue weighted by molar-refractivity contribution is -0.119. The third-order valence-corrected chi connectivity index (χ3v) is 7.46. The summed E-state index contributed by atoms with van der Waals surface area (Å²) in [5.74, 6) is 6.43. The van der Waals surface area contributed by atoms with E-state index >= 15 is 0 Å². The van der Waals surface area contributed by atoms with Gasteiger partial charge in [-0.1, -0.05) is 36.5 Å². The predicted octanol–water partition coefficient (Wildman–Crippen LogP) is 4.38. The van der Waals surface area contributed by atoms with Crippen LogP contribution in [0.25, 0.3) is 22.4 Å². The molecule has 4 aromatic rings. The van der Waals surface area contributed by atoms with E-state index in [-0.39, 0.29) is 22.5 Å². The van der Waals surface area contributed by atoms with E-state index in [9.17, 15) is 9.59 Å². The van der Waals surface area contributed by atoms with Gasteiger partial charge in [0.25, 0.3) is 5.56 Å². The molecule has 0 radical (unpaired) electrons. The lowest BCUT2D eigenvalue weighted by Crippen LogP contribution is -2.28. The number of hydrazine groups is 1. The van der Waals surface area contributed by atoms with Crippen LogP contribution in [0.15, 0.2) is 71.3 Å². The average Bonchev–Trinajstić information content (AvgIpc) is 3.30. The average molecular weight is 595 g/mol. The van der Waals surface area contributed by atoms with Crippen molar-refractivity contribution >= 4 is 40.6 Å². The summed E-state index contributed by atoms with van der Waals surface area (Å²) in [5.41, 5.74) is 9.00. The zero-order valence-corrected chi connectivity index (χ0v) is 24.0. The highest BCUT2D eigenvalue weighted by molar-refractivity contribution is 6.31. The van der Waals surface area contributed by atoms with E-state index in [2.05, 4.69) is 20.4 Å². The van der Waals surface area contributed by atoms with Crippen LogP contribution in [-0.4, -0.2) is 30.2 Å². The van der Waals surface area contributed by atoms with Crippen LogP contribution in [-0.2, 0) is 11.8 Å². The van der Waals surface area contributed by atoms with Crippen molar-refractivity contribution in [1.82, 2.24) is 24.3 Å². The fourth-order valence-corrected chi connectivity index (χ4v) is 5.22. The number of fused-ring (bicyclic) bond motifs is 4. The summed E-state index contributed by atoms with van der Waals surface area (Å²) in [4.78, 5) is 35.8. The minimum Gasteiger partial charge on any atom is -0.388 e. The number of hydrogen-bond donors (Lipinski definition) is 3. The van der Waals surface area contributed by atoms with Crippen LogP contribution in [0.5, 0.6) is 0 Å². The molecule has 0 aliphatic carbocycles. The lowest BCUT2D eigenvalue weighted by Gasteiger charge is -2.22. The number of halogens is 2. The van der Waals surface area contributed by atoms with Gasteiger partial charge in [0.15, 0.2) is 0 Å². The van der Waals surface area contributed by atoms with E-state index in [1.165, 1.54) is 23.6 Å². The van der Waals surface area contributed by atoms with Gasteiger partial charge in [-0.05, 0) is 48.7 Å². The van der Waals surface area contributed by atoms with Gasteiger partial charge in [0.2, 0.25) is 5.91 Å². The molecule has 212 valence electrons. The molecule has 2 unspecified atom stereocenters. The number of benzene rings is 1. The van der Waals surface area contributed by atoms with E-state index < -0.39 is 6.04 Å². The van der Waals surface area contributed by atoms with Crippen LogP contribution < -0.4 is 27.5 Å². The van der Waals surface area contributed by atoms with Gasteiger partial charge in [-0.2, -0.15) is 5.10 Å². The van der Waals surface area contributed by atoms with Gasteiger partial charge in [-0.25, -0.2) is 10.8 Å². The van der Waals surface area contributed by atoms with Gasteiger partial charge >= 0.3 is 0 Å². The van der Waals surface area contributed by atoms with Gasteiger partial charge < -0.3 is 11.1 Å². The van der Waals surface area contributed by atoms with Crippen molar-refractivity contribution in [2.45, 2.75) is 32.2 Å². The number of carbonyl (C=O) groups excluding carboxylic acids is 1. The van der Waals surface area contributed by atoms with Crippen LogP contribution in [0.1, 0.15) is 37.9 Å². The molecule has 5 N–H and O–H groups in total. The normalized spacial score (nSPS) is 17.7. The first-order valence-electron chi connectivity index (χ1n) is 13.0. The Labute approximate surface area is 246 Å². The molecule has 4 heterocycles. The summed E-state index contributed by atoms with van der Waals surface area (Å²) in [6.07, 6.45) is 8.14. The molecule has 3 aromatic heterocycles. The Morgan fingerprint density at radius 3 is 2.71 bits per heavy atom. The van der Waals surface area contributed by atoms with Crippen molar-refractivity contribution in [3.8, 4) is 22.4 Å². The number of nitrogens with zero attached hydrogens (tertiary/aromatic N) is 6. The number of anilines is 2. The molecule has 0 saturated carbocycles. The summed E-state index contributed by atoms with van der Waals surface area (Å²) in [7, 11) is 1.78. The second-order valence-corrected chi connectivity index (χ2v) is 10.8. The Balaban J connectivity index is 1.58. The summed E-state index contributed by atoms with van der Waals surface area (Å²) >= 11 is 12.1. The van der Waals surface area contributed by atoms with Crippen molar-refractivity contribution in [2.24, 2.45) is 24.5 Å². The predicted molar refractivity (Wildman–Crippen MR) is 160 cm³/mol. The Bertz CT molecular complexity index is 1690. The molecule has 5 rings (SSSR count). The molecule has 13 heteroatoms. The van der Waals surface area contributed by atoms with Gasteiger partial charge in [-0.3, -0.25) is 28.8 Å². The zero-order chi connectivity index (χ0) is 29.3. The third kappa shape index (κ3) is 5.97. The van der Waals surface area contributed by atoms with Crippen molar-refractivity contribution in [3.05, 3.63) is 87.5 Å². The first-order valence-corrected chi connectivity index (χ1v) is 13.7. The highest BCUT2D eigenvalue weighted by Gasteiger charge is 2.24. The van der Waals surface area contributed by atoms with Crippen LogP contribution >= 0.6 is 23.2 Å². The quantitative estimate of drug-likeness (QED) is 0.179. The zero-order valence-electron chi connectivity index (χ0n) is 22.5. The molecule has 1 aliphatic rings. The van der Waals surface area contributed by atoms with Gasteiger partial charge in [0, 0.05) is 41.4 Å². The topological polar surface area (TPSA) is 150 Å². The van der Waals surface area contributed by atoms with Crippen LogP contribution in [0, 0.1) is 5.92 Å². The first kappa shape index (κ1) is 28.3. The number of aromatic nitrogens is 5. The Morgan fingerprint density at radius 1 is 1.15 bits per heavy atom. The number of carbonyl (C=O) groups is 1. The van der Waals surface area contributed by atoms with Crippen LogP contribution in [0.4, 0.5) is 11.5 Å². The maximum atomic E-state index is 13.6. The van der Waals surface area contributed by atoms with Gasteiger partial charge in [0.05, 0.1) is 41.8 Å². The standard InChI is InChI=1S/C28H29Cl2N9O2/c1-16-4-3-5-24(22-10-17(8-9-33-22)20-13-35-37(2)27(20)36-28(16)41)38-15-34-21(12-26(38)40)19-11-18(29)6-7-23(19)39(32)14-25(30)31/h6-16,24H,3-5,31-32H2,1-2H3,(H,36,41)/b25-14-. The van der Waals surface area contributed by atoms with Gasteiger partial charge in [-0.15, -0.1) is 0 Å². The summed E-state index contributed by atoms with van der Waals surface area (Å²) in [6.45, 7) is 1.89. The highest BCUT2D eigenvalue weighted by Crippen LogP contribution is 2.34. The number of amides is 1. The second-order valence-electron chi connectivity index (χ2n) is 9.94. The van der Waals surface area contributed by atoms with Crippen molar-refractivity contribution in [1.29, 1.82) is 0 Å².